The Hall–Kier alpha value is -3.75. The van der Waals surface area contributed by atoms with Crippen molar-refractivity contribution in [3.8, 4) is 16.8 Å². The molecule has 32 heavy (non-hydrogen) atoms. The Morgan fingerprint density at radius 2 is 1.81 bits per heavy atom. The Labute approximate surface area is 183 Å². The van der Waals surface area contributed by atoms with Crippen LogP contribution in [0, 0.1) is 11.8 Å². The summed E-state index contributed by atoms with van der Waals surface area (Å²) in [7, 11) is 0. The summed E-state index contributed by atoms with van der Waals surface area (Å²) in [4.78, 5) is 26.8. The van der Waals surface area contributed by atoms with Crippen molar-refractivity contribution in [2.75, 3.05) is 13.1 Å². The lowest BCUT2D eigenvalue weighted by atomic mass is 10.0. The number of hydrogen-bond acceptors (Lipinski definition) is 6. The van der Waals surface area contributed by atoms with Gasteiger partial charge in [-0.05, 0) is 70.9 Å². The predicted molar refractivity (Wildman–Crippen MR) is 116 cm³/mol. The summed E-state index contributed by atoms with van der Waals surface area (Å²) in [5.74, 6) is 1.55. The number of benzene rings is 2. The Bertz CT molecular complexity index is 1350. The number of H-pyrrole nitrogens is 1. The molecule has 4 aromatic rings. The summed E-state index contributed by atoms with van der Waals surface area (Å²) in [6.45, 7) is 1.55. The average Bonchev–Trinajstić information content (AvgIpc) is 3.20. The van der Waals surface area contributed by atoms with Crippen LogP contribution >= 0.6 is 0 Å². The second-order valence-electron chi connectivity index (χ2n) is 8.71. The molecule has 1 N–H and O–H groups in total. The first-order valence-electron chi connectivity index (χ1n) is 10.9. The van der Waals surface area contributed by atoms with Crippen molar-refractivity contribution in [2.45, 2.75) is 25.7 Å². The molecule has 1 saturated carbocycles. The van der Waals surface area contributed by atoms with Crippen molar-refractivity contribution in [1.82, 2.24) is 30.0 Å². The highest BCUT2D eigenvalue weighted by Gasteiger charge is 2.36. The smallest absolute Gasteiger partial charge is 0.342 e. The van der Waals surface area contributed by atoms with E-state index in [4.69, 9.17) is 4.63 Å². The zero-order chi connectivity index (χ0) is 21.7. The van der Waals surface area contributed by atoms with Crippen molar-refractivity contribution in [3.63, 3.8) is 0 Å². The van der Waals surface area contributed by atoms with Gasteiger partial charge in [0.15, 0.2) is 0 Å². The largest absolute Gasteiger partial charge is 0.347 e. The molecule has 162 valence electrons. The van der Waals surface area contributed by atoms with Crippen molar-refractivity contribution in [2.24, 2.45) is 11.8 Å². The maximum absolute atomic E-state index is 12.5. The van der Waals surface area contributed by atoms with E-state index < -0.39 is 0 Å². The number of carbonyl (C=O) groups excluding carboxylic acids is 1. The minimum absolute atomic E-state index is 0.247. The topological polar surface area (TPSA) is 110 Å². The summed E-state index contributed by atoms with van der Waals surface area (Å²) < 4.78 is 6.39. The second-order valence-corrected chi connectivity index (χ2v) is 8.71. The normalized spacial score (nSPS) is 18.5. The summed E-state index contributed by atoms with van der Waals surface area (Å²) in [6.07, 6.45) is 3.65. The van der Waals surface area contributed by atoms with E-state index in [9.17, 15) is 9.59 Å². The van der Waals surface area contributed by atoms with Crippen molar-refractivity contribution in [1.29, 1.82) is 0 Å². The Morgan fingerprint density at radius 3 is 2.62 bits per heavy atom. The number of carbonyl (C=O) groups is 1. The number of amides is 1. The molecule has 0 radical (unpaired) electrons. The van der Waals surface area contributed by atoms with Crippen molar-refractivity contribution < 1.29 is 9.42 Å². The Balaban J connectivity index is 1.22. The van der Waals surface area contributed by atoms with Crippen LogP contribution in [0.3, 0.4) is 0 Å². The Kier molecular flexibility index (Phi) is 4.41. The highest BCUT2D eigenvalue weighted by atomic mass is 16.6. The lowest BCUT2D eigenvalue weighted by molar-refractivity contribution is -0.131. The van der Waals surface area contributed by atoms with E-state index in [1.807, 2.05) is 47.4 Å². The number of rotatable bonds is 5. The number of hydrogen-bond donors (Lipinski definition) is 1. The second kappa shape index (κ2) is 7.44. The van der Waals surface area contributed by atoms with Crippen LogP contribution < -0.4 is 5.69 Å². The number of fused-ring (bicyclic) bond motifs is 1. The molecule has 0 spiro atoms. The van der Waals surface area contributed by atoms with Crippen LogP contribution in [0.4, 0.5) is 0 Å². The molecule has 2 aliphatic rings. The van der Waals surface area contributed by atoms with Gasteiger partial charge in [-0.3, -0.25) is 4.79 Å². The molecule has 9 heteroatoms. The summed E-state index contributed by atoms with van der Waals surface area (Å²) in [6, 6.07) is 13.5. The highest BCUT2D eigenvalue weighted by Crippen LogP contribution is 2.33. The van der Waals surface area contributed by atoms with Gasteiger partial charge < -0.3 is 4.90 Å². The molecule has 2 aromatic heterocycles. The molecule has 1 aliphatic carbocycles. The van der Waals surface area contributed by atoms with Crippen LogP contribution in [0.15, 0.2) is 51.9 Å². The number of aromatic amines is 1. The van der Waals surface area contributed by atoms with E-state index in [1.54, 1.807) is 4.57 Å². The average molecular weight is 430 g/mol. The predicted octanol–water partition coefficient (Wildman–Crippen LogP) is 2.56. The van der Waals surface area contributed by atoms with E-state index in [1.165, 1.54) is 0 Å². The summed E-state index contributed by atoms with van der Waals surface area (Å²) in [5.41, 5.74) is 3.91. The first kappa shape index (κ1) is 19.0. The zero-order valence-corrected chi connectivity index (χ0v) is 17.4. The molecule has 3 heterocycles. The third-order valence-corrected chi connectivity index (χ3v) is 6.45. The first-order chi connectivity index (χ1) is 15.7. The molecule has 1 atom stereocenters. The van der Waals surface area contributed by atoms with Gasteiger partial charge in [-0.1, -0.05) is 18.2 Å². The maximum atomic E-state index is 12.5. The van der Waals surface area contributed by atoms with E-state index in [-0.39, 0.29) is 11.6 Å². The third-order valence-electron chi connectivity index (χ3n) is 6.45. The van der Waals surface area contributed by atoms with E-state index in [2.05, 4.69) is 20.5 Å². The highest BCUT2D eigenvalue weighted by molar-refractivity contribution is 5.81. The molecule has 9 nitrogen and oxygen atoms in total. The standard InChI is InChI=1S/C23H22N6O3/c30-22(16-1-2-16)28-10-9-14(13-28)11-21-24-25-23(31)29(21)18-6-3-15(4-7-18)17-5-8-19-20(12-17)27-32-26-19/h3-8,12,14,16H,1-2,9-11,13H2,(H,25,31)/t14-/m0/s1. The third kappa shape index (κ3) is 3.39. The number of aromatic nitrogens is 5. The number of nitrogens with zero attached hydrogens (tertiary/aromatic N) is 5. The van der Waals surface area contributed by atoms with Gasteiger partial charge in [0.1, 0.15) is 16.9 Å². The van der Waals surface area contributed by atoms with Crippen LogP contribution in [-0.2, 0) is 11.2 Å². The van der Waals surface area contributed by atoms with Gasteiger partial charge in [0.2, 0.25) is 5.91 Å². The van der Waals surface area contributed by atoms with Crippen molar-refractivity contribution >= 4 is 16.9 Å². The van der Waals surface area contributed by atoms with Gasteiger partial charge in [-0.2, -0.15) is 5.10 Å². The SMILES string of the molecule is O=C(C1CC1)N1CC[C@@H](Cc2n[nH]c(=O)n2-c2ccc(-c3ccc4nonc4c3)cc2)C1. The van der Waals surface area contributed by atoms with Gasteiger partial charge in [0, 0.05) is 25.4 Å². The molecule has 6 rings (SSSR count). The van der Waals surface area contributed by atoms with Crippen LogP contribution in [0.25, 0.3) is 27.8 Å². The van der Waals surface area contributed by atoms with Gasteiger partial charge in [-0.25, -0.2) is 19.1 Å². The Morgan fingerprint density at radius 1 is 1.03 bits per heavy atom. The van der Waals surface area contributed by atoms with Gasteiger partial charge >= 0.3 is 5.69 Å². The fraction of sp³-hybridized carbons (Fsp3) is 0.348. The van der Waals surface area contributed by atoms with Crippen LogP contribution in [0.2, 0.25) is 0 Å². The molecular weight excluding hydrogens is 408 g/mol. The minimum atomic E-state index is -0.258. The molecule has 2 fully saturated rings. The number of nitrogens with one attached hydrogen (secondary N) is 1. The van der Waals surface area contributed by atoms with Gasteiger partial charge in [0.25, 0.3) is 0 Å². The van der Waals surface area contributed by atoms with E-state index in [0.717, 1.165) is 49.2 Å². The van der Waals surface area contributed by atoms with Crippen LogP contribution in [-0.4, -0.2) is 49.0 Å². The quantitative estimate of drug-likeness (QED) is 0.521. The van der Waals surface area contributed by atoms with Gasteiger partial charge in [0.05, 0.1) is 5.69 Å². The molecular formula is C23H22N6O3. The summed E-state index contributed by atoms with van der Waals surface area (Å²) in [5, 5.41) is 14.6. The molecule has 1 amide bonds. The maximum Gasteiger partial charge on any atom is 0.347 e. The molecule has 0 unspecified atom stereocenters. The van der Waals surface area contributed by atoms with Crippen LogP contribution in [0.5, 0.6) is 0 Å². The minimum Gasteiger partial charge on any atom is -0.342 e. The lowest BCUT2D eigenvalue weighted by Crippen LogP contribution is -2.30. The molecule has 1 saturated heterocycles. The zero-order valence-electron chi connectivity index (χ0n) is 17.4. The first-order valence-corrected chi connectivity index (χ1v) is 10.9. The lowest BCUT2D eigenvalue weighted by Gasteiger charge is -2.16. The molecule has 0 bridgehead atoms. The summed E-state index contributed by atoms with van der Waals surface area (Å²) >= 11 is 0. The fourth-order valence-electron chi connectivity index (χ4n) is 4.54. The van der Waals surface area contributed by atoms with E-state index >= 15 is 0 Å². The molecule has 2 aromatic carbocycles. The molecule has 1 aliphatic heterocycles. The van der Waals surface area contributed by atoms with Crippen molar-refractivity contribution in [3.05, 3.63) is 58.8 Å². The monoisotopic (exact) mass is 430 g/mol. The van der Waals surface area contributed by atoms with Gasteiger partial charge in [-0.15, -0.1) is 0 Å². The fourth-order valence-corrected chi connectivity index (χ4v) is 4.54. The van der Waals surface area contributed by atoms with E-state index in [0.29, 0.717) is 35.1 Å². The number of likely N-dealkylation sites (tertiary alicyclic amines) is 1. The van der Waals surface area contributed by atoms with Crippen LogP contribution in [0.1, 0.15) is 25.1 Å².